The van der Waals surface area contributed by atoms with Crippen molar-refractivity contribution in [2.75, 3.05) is 30.9 Å². The minimum Gasteiger partial charge on any atom is -0.378 e. The van der Waals surface area contributed by atoms with Crippen LogP contribution in [0, 0.1) is 0 Å². The summed E-state index contributed by atoms with van der Waals surface area (Å²) in [6.07, 6.45) is 4.65. The molecule has 1 aromatic carbocycles. The third kappa shape index (κ3) is 6.10. The Kier molecular flexibility index (Phi) is 7.56. The number of halogens is 1. The highest BCUT2D eigenvalue weighted by Gasteiger charge is 2.04. The summed E-state index contributed by atoms with van der Waals surface area (Å²) in [5.74, 6) is 0.0193. The predicted molar refractivity (Wildman–Crippen MR) is 85.4 cm³/mol. The van der Waals surface area contributed by atoms with Gasteiger partial charge in [-0.3, -0.25) is 4.79 Å². The van der Waals surface area contributed by atoms with Crippen molar-refractivity contribution in [3.8, 4) is 0 Å². The van der Waals surface area contributed by atoms with Gasteiger partial charge in [0.2, 0.25) is 0 Å². The van der Waals surface area contributed by atoms with E-state index in [4.69, 9.17) is 0 Å². The largest absolute Gasteiger partial charge is 0.378 e. The molecule has 0 saturated heterocycles. The molecule has 0 unspecified atom stereocenters. The van der Waals surface area contributed by atoms with Crippen LogP contribution in [-0.2, 0) is 0 Å². The SMILES string of the molecule is CN(C)c1ccc(C(=O)NCCCCCCBr)cc1. The van der Waals surface area contributed by atoms with Crippen LogP contribution in [-0.4, -0.2) is 31.9 Å². The monoisotopic (exact) mass is 326 g/mol. The number of anilines is 1. The number of benzene rings is 1. The van der Waals surface area contributed by atoms with Gasteiger partial charge in [0.05, 0.1) is 0 Å². The van der Waals surface area contributed by atoms with E-state index in [0.717, 1.165) is 29.5 Å². The van der Waals surface area contributed by atoms with Crippen molar-refractivity contribution in [3.05, 3.63) is 29.8 Å². The lowest BCUT2D eigenvalue weighted by atomic mass is 10.1. The fraction of sp³-hybridized carbons (Fsp3) is 0.533. The molecule has 0 heterocycles. The summed E-state index contributed by atoms with van der Waals surface area (Å²) in [6.45, 7) is 0.760. The van der Waals surface area contributed by atoms with E-state index in [-0.39, 0.29) is 5.91 Å². The topological polar surface area (TPSA) is 32.3 Å². The van der Waals surface area contributed by atoms with E-state index in [1.54, 1.807) is 0 Å². The first kappa shape index (κ1) is 16.0. The van der Waals surface area contributed by atoms with Crippen LogP contribution in [0.1, 0.15) is 36.0 Å². The minimum absolute atomic E-state index is 0.0193. The third-order valence-electron chi connectivity index (χ3n) is 2.99. The zero-order valence-corrected chi connectivity index (χ0v) is 13.4. The summed E-state index contributed by atoms with van der Waals surface area (Å²) in [4.78, 5) is 13.9. The first-order valence-corrected chi connectivity index (χ1v) is 7.89. The lowest BCUT2D eigenvalue weighted by molar-refractivity contribution is 0.0953. The van der Waals surface area contributed by atoms with Gasteiger partial charge in [-0.1, -0.05) is 28.8 Å². The van der Waals surface area contributed by atoms with Crippen LogP contribution in [0.5, 0.6) is 0 Å². The van der Waals surface area contributed by atoms with E-state index in [9.17, 15) is 4.79 Å². The summed E-state index contributed by atoms with van der Waals surface area (Å²) in [5, 5.41) is 4.03. The molecule has 1 rings (SSSR count). The number of unbranched alkanes of at least 4 members (excludes halogenated alkanes) is 3. The zero-order valence-electron chi connectivity index (χ0n) is 11.8. The molecule has 0 saturated carbocycles. The first-order valence-electron chi connectivity index (χ1n) is 6.76. The van der Waals surface area contributed by atoms with Crippen LogP contribution >= 0.6 is 15.9 Å². The Balaban J connectivity index is 2.29. The van der Waals surface area contributed by atoms with E-state index in [1.807, 2.05) is 43.3 Å². The van der Waals surface area contributed by atoms with Crippen LogP contribution in [0.4, 0.5) is 5.69 Å². The molecule has 106 valence electrons. The van der Waals surface area contributed by atoms with E-state index in [1.165, 1.54) is 19.3 Å². The van der Waals surface area contributed by atoms with Gasteiger partial charge in [-0.25, -0.2) is 0 Å². The highest BCUT2D eigenvalue weighted by atomic mass is 79.9. The number of alkyl halides is 1. The third-order valence-corrected chi connectivity index (χ3v) is 3.55. The van der Waals surface area contributed by atoms with E-state index < -0.39 is 0 Å². The highest BCUT2D eigenvalue weighted by Crippen LogP contribution is 2.12. The van der Waals surface area contributed by atoms with Gasteiger partial charge in [0.25, 0.3) is 5.91 Å². The Hall–Kier alpha value is -1.03. The quantitative estimate of drug-likeness (QED) is 0.586. The number of hydrogen-bond acceptors (Lipinski definition) is 2. The van der Waals surface area contributed by atoms with Gasteiger partial charge in [-0.15, -0.1) is 0 Å². The zero-order chi connectivity index (χ0) is 14.1. The second-order valence-electron chi connectivity index (χ2n) is 4.80. The first-order chi connectivity index (χ1) is 9.15. The average molecular weight is 327 g/mol. The molecule has 1 amide bonds. The van der Waals surface area contributed by atoms with Crippen molar-refractivity contribution < 1.29 is 4.79 Å². The molecule has 19 heavy (non-hydrogen) atoms. The Morgan fingerprint density at radius 3 is 2.32 bits per heavy atom. The number of hydrogen-bond donors (Lipinski definition) is 1. The molecule has 0 radical (unpaired) electrons. The summed E-state index contributed by atoms with van der Waals surface area (Å²) < 4.78 is 0. The molecule has 3 nitrogen and oxygen atoms in total. The van der Waals surface area contributed by atoms with Crippen molar-refractivity contribution in [3.63, 3.8) is 0 Å². The van der Waals surface area contributed by atoms with Crippen molar-refractivity contribution in [1.29, 1.82) is 0 Å². The molecule has 0 bridgehead atoms. The van der Waals surface area contributed by atoms with Gasteiger partial charge < -0.3 is 10.2 Å². The Bertz CT molecular complexity index is 376. The number of carbonyl (C=O) groups is 1. The second kappa shape index (κ2) is 8.97. The lowest BCUT2D eigenvalue weighted by Crippen LogP contribution is -2.24. The molecular formula is C15H23BrN2O. The second-order valence-corrected chi connectivity index (χ2v) is 5.59. The minimum atomic E-state index is 0.0193. The van der Waals surface area contributed by atoms with Crippen molar-refractivity contribution in [2.24, 2.45) is 0 Å². The number of carbonyl (C=O) groups excluding carboxylic acids is 1. The normalized spacial score (nSPS) is 10.3. The van der Waals surface area contributed by atoms with Crippen molar-refractivity contribution >= 4 is 27.5 Å². The molecule has 0 aliphatic carbocycles. The van der Waals surface area contributed by atoms with Crippen LogP contribution in [0.15, 0.2) is 24.3 Å². The van der Waals surface area contributed by atoms with Gasteiger partial charge >= 0.3 is 0 Å². The Morgan fingerprint density at radius 1 is 1.11 bits per heavy atom. The molecule has 0 aliphatic heterocycles. The molecule has 0 aliphatic rings. The van der Waals surface area contributed by atoms with Crippen LogP contribution in [0.2, 0.25) is 0 Å². The lowest BCUT2D eigenvalue weighted by Gasteiger charge is -2.12. The van der Waals surface area contributed by atoms with Crippen molar-refractivity contribution in [1.82, 2.24) is 5.32 Å². The fourth-order valence-electron chi connectivity index (χ4n) is 1.79. The van der Waals surface area contributed by atoms with E-state index >= 15 is 0 Å². The molecule has 0 atom stereocenters. The number of amides is 1. The van der Waals surface area contributed by atoms with Gasteiger partial charge in [0, 0.05) is 37.2 Å². The number of rotatable bonds is 8. The maximum atomic E-state index is 11.9. The summed E-state index contributed by atoms with van der Waals surface area (Å²) in [7, 11) is 3.98. The maximum Gasteiger partial charge on any atom is 0.251 e. The number of nitrogens with one attached hydrogen (secondary N) is 1. The van der Waals surface area contributed by atoms with Gasteiger partial charge in [0.15, 0.2) is 0 Å². The van der Waals surface area contributed by atoms with Crippen molar-refractivity contribution in [2.45, 2.75) is 25.7 Å². The average Bonchev–Trinajstić information content (AvgIpc) is 2.42. The summed E-state index contributed by atoms with van der Waals surface area (Å²) >= 11 is 3.42. The maximum absolute atomic E-state index is 11.9. The molecule has 1 N–H and O–H groups in total. The Labute approximate surface area is 124 Å². The van der Waals surface area contributed by atoms with E-state index in [0.29, 0.717) is 0 Å². The Morgan fingerprint density at radius 2 is 1.74 bits per heavy atom. The van der Waals surface area contributed by atoms with Crippen LogP contribution in [0.25, 0.3) is 0 Å². The van der Waals surface area contributed by atoms with Gasteiger partial charge in [-0.2, -0.15) is 0 Å². The molecule has 1 aromatic rings. The molecule has 0 fully saturated rings. The number of nitrogens with zero attached hydrogens (tertiary/aromatic N) is 1. The van der Waals surface area contributed by atoms with Crippen LogP contribution in [0.3, 0.4) is 0 Å². The predicted octanol–water partition coefficient (Wildman–Crippen LogP) is 3.44. The molecule has 0 aromatic heterocycles. The molecule has 4 heteroatoms. The standard InChI is InChI=1S/C15H23BrN2O/c1-18(2)14-9-7-13(8-10-14)15(19)17-12-6-4-3-5-11-16/h7-10H,3-6,11-12H2,1-2H3,(H,17,19). The smallest absolute Gasteiger partial charge is 0.251 e. The fourth-order valence-corrected chi connectivity index (χ4v) is 2.18. The van der Waals surface area contributed by atoms with E-state index in [2.05, 4.69) is 21.2 Å². The highest BCUT2D eigenvalue weighted by molar-refractivity contribution is 9.09. The summed E-state index contributed by atoms with van der Waals surface area (Å²) in [6, 6.07) is 7.67. The van der Waals surface area contributed by atoms with Gasteiger partial charge in [-0.05, 0) is 37.1 Å². The van der Waals surface area contributed by atoms with Crippen LogP contribution < -0.4 is 10.2 Å². The molecule has 0 spiro atoms. The van der Waals surface area contributed by atoms with Gasteiger partial charge in [0.1, 0.15) is 0 Å². The summed E-state index contributed by atoms with van der Waals surface area (Å²) in [5.41, 5.74) is 1.83. The molecular weight excluding hydrogens is 304 g/mol.